The van der Waals surface area contributed by atoms with Crippen molar-refractivity contribution < 1.29 is 31.4 Å². The van der Waals surface area contributed by atoms with E-state index in [2.05, 4.69) is 20.3 Å². The van der Waals surface area contributed by atoms with Crippen LogP contribution in [0.5, 0.6) is 11.6 Å². The number of hydrogen-bond donors (Lipinski definition) is 2. The molecule has 2 aromatic heterocycles. The summed E-state index contributed by atoms with van der Waals surface area (Å²) in [6.07, 6.45) is 2.42. The van der Waals surface area contributed by atoms with Crippen LogP contribution in [0.1, 0.15) is 12.1 Å². The van der Waals surface area contributed by atoms with Crippen molar-refractivity contribution in [2.24, 2.45) is 11.1 Å². The van der Waals surface area contributed by atoms with Crippen molar-refractivity contribution in [3.63, 3.8) is 0 Å². The van der Waals surface area contributed by atoms with Crippen LogP contribution in [0.15, 0.2) is 41.4 Å². The number of hydrogen-bond acceptors (Lipinski definition) is 9. The van der Waals surface area contributed by atoms with Crippen LogP contribution < -0.4 is 19.9 Å². The Morgan fingerprint density at radius 1 is 1.15 bits per heavy atom. The third-order valence-electron chi connectivity index (χ3n) is 6.68. The number of nitrogens with one attached hydrogen (secondary N) is 1. The molecule has 1 atom stereocenters. The van der Waals surface area contributed by atoms with Gasteiger partial charge in [0.25, 0.3) is 0 Å². The molecule has 3 N–H and O–H groups in total. The summed E-state index contributed by atoms with van der Waals surface area (Å²) in [6, 6.07) is 7.17. The van der Waals surface area contributed by atoms with Crippen molar-refractivity contribution in [2.45, 2.75) is 18.2 Å². The molecule has 2 aromatic carbocycles. The van der Waals surface area contributed by atoms with Gasteiger partial charge in [0.15, 0.2) is 10.7 Å². The second-order valence-electron chi connectivity index (χ2n) is 9.36. The molecule has 0 aliphatic carbocycles. The molecular weight excluding hydrogens is 544 g/mol. The van der Waals surface area contributed by atoms with E-state index in [0.717, 1.165) is 23.9 Å². The molecule has 10 nitrogen and oxygen atoms in total. The summed E-state index contributed by atoms with van der Waals surface area (Å²) in [6.45, 7) is 3.58. The molecule has 0 saturated carbocycles. The molecule has 4 aromatic rings. The zero-order valence-electron chi connectivity index (χ0n) is 22.0. The molecule has 0 spiro atoms. The predicted octanol–water partition coefficient (Wildman–Crippen LogP) is 4.06. The number of ether oxygens (including phenoxy) is 3. The number of anilines is 1. The lowest BCUT2D eigenvalue weighted by Gasteiger charge is -2.16. The number of methoxy groups -OCH3 is 1. The van der Waals surface area contributed by atoms with Gasteiger partial charge in [-0.3, -0.25) is 0 Å². The lowest BCUT2D eigenvalue weighted by molar-refractivity contribution is 0.167. The summed E-state index contributed by atoms with van der Waals surface area (Å²) in [7, 11) is -1.62. The first kappa shape index (κ1) is 27.6. The average molecular weight is 572 g/mol. The van der Waals surface area contributed by atoms with E-state index >= 15 is 4.39 Å². The minimum Gasteiger partial charge on any atom is -0.491 e. The molecule has 0 radical (unpaired) electrons. The van der Waals surface area contributed by atoms with Gasteiger partial charge >= 0.3 is 0 Å². The van der Waals surface area contributed by atoms with Gasteiger partial charge < -0.3 is 19.5 Å². The number of fused-ring (bicyclic) bond motifs is 1. The number of aryl methyl sites for hydroxylation is 1. The van der Waals surface area contributed by atoms with Gasteiger partial charge in [-0.1, -0.05) is 0 Å². The summed E-state index contributed by atoms with van der Waals surface area (Å²) in [5.41, 5.74) is 2.36. The smallest absolute Gasteiger partial charge is 0.243 e. The Morgan fingerprint density at radius 3 is 2.62 bits per heavy atom. The van der Waals surface area contributed by atoms with Crippen LogP contribution in [0.3, 0.4) is 0 Å². The van der Waals surface area contributed by atoms with E-state index in [4.69, 9.17) is 19.3 Å². The zero-order chi connectivity index (χ0) is 28.6. The van der Waals surface area contributed by atoms with Gasteiger partial charge in [0, 0.05) is 47.8 Å². The quantitative estimate of drug-likeness (QED) is 0.321. The largest absolute Gasteiger partial charge is 0.491 e. The molecule has 0 amide bonds. The topological polar surface area (TPSA) is 139 Å². The van der Waals surface area contributed by atoms with E-state index in [9.17, 15) is 12.8 Å². The van der Waals surface area contributed by atoms with Gasteiger partial charge in [0.05, 0.1) is 26.0 Å². The van der Waals surface area contributed by atoms with Crippen molar-refractivity contribution in [2.75, 3.05) is 39.3 Å². The maximum absolute atomic E-state index is 15.4. The number of benzene rings is 2. The Balaban J connectivity index is 1.67. The van der Waals surface area contributed by atoms with Crippen molar-refractivity contribution in [1.82, 2.24) is 15.0 Å². The molecule has 1 fully saturated rings. The number of sulfonamides is 1. The van der Waals surface area contributed by atoms with Gasteiger partial charge in [-0.25, -0.2) is 37.3 Å². The van der Waals surface area contributed by atoms with E-state index in [1.165, 1.54) is 13.3 Å². The van der Waals surface area contributed by atoms with Crippen LogP contribution in [0.4, 0.5) is 14.7 Å². The predicted molar refractivity (Wildman–Crippen MR) is 145 cm³/mol. The first-order chi connectivity index (χ1) is 19.1. The SMILES string of the molecule is CNc1nc(C)c2cc(-c3cnc(OC)c(-c4ccc(F)c(S(N)(=O)=O)c4F)c3)cc(OCC3CCOC3)c2n1. The van der Waals surface area contributed by atoms with Crippen molar-refractivity contribution in [3.05, 3.63) is 53.9 Å². The Kier molecular flexibility index (Phi) is 7.53. The summed E-state index contributed by atoms with van der Waals surface area (Å²) in [4.78, 5) is 12.2. The minimum absolute atomic E-state index is 0.00583. The number of halogens is 2. The van der Waals surface area contributed by atoms with Gasteiger partial charge in [-0.05, 0) is 49.2 Å². The Hall–Kier alpha value is -3.94. The van der Waals surface area contributed by atoms with Gasteiger partial charge in [-0.15, -0.1) is 0 Å². The Morgan fingerprint density at radius 2 is 1.95 bits per heavy atom. The van der Waals surface area contributed by atoms with E-state index in [0.29, 0.717) is 53.9 Å². The van der Waals surface area contributed by atoms with Crippen LogP contribution >= 0.6 is 0 Å². The number of primary sulfonamides is 1. The molecule has 1 saturated heterocycles. The molecule has 40 heavy (non-hydrogen) atoms. The minimum atomic E-state index is -4.69. The number of nitrogens with zero attached hydrogens (tertiary/aromatic N) is 3. The second kappa shape index (κ2) is 10.9. The maximum atomic E-state index is 15.4. The number of nitrogens with two attached hydrogens (primary N) is 1. The van der Waals surface area contributed by atoms with Crippen molar-refractivity contribution in [1.29, 1.82) is 0 Å². The molecule has 1 aliphatic rings. The average Bonchev–Trinajstić information content (AvgIpc) is 3.44. The molecule has 3 heterocycles. The van der Waals surface area contributed by atoms with Gasteiger partial charge in [0.1, 0.15) is 17.1 Å². The second-order valence-corrected chi connectivity index (χ2v) is 10.9. The van der Waals surface area contributed by atoms with Crippen LogP contribution in [0.25, 0.3) is 33.2 Å². The zero-order valence-corrected chi connectivity index (χ0v) is 22.8. The van der Waals surface area contributed by atoms with Gasteiger partial charge in [0.2, 0.25) is 21.9 Å². The molecule has 210 valence electrons. The molecule has 13 heteroatoms. The highest BCUT2D eigenvalue weighted by Crippen LogP contribution is 2.39. The Bertz CT molecular complexity index is 1710. The van der Waals surface area contributed by atoms with Crippen LogP contribution in [0, 0.1) is 24.5 Å². The van der Waals surface area contributed by atoms with Crippen molar-refractivity contribution in [3.8, 4) is 33.9 Å². The molecule has 5 rings (SSSR count). The summed E-state index contributed by atoms with van der Waals surface area (Å²) in [5, 5.41) is 8.77. The molecule has 0 bridgehead atoms. The molecule has 1 aliphatic heterocycles. The maximum Gasteiger partial charge on any atom is 0.243 e. The highest BCUT2D eigenvalue weighted by Gasteiger charge is 2.26. The normalized spacial score (nSPS) is 15.4. The summed E-state index contributed by atoms with van der Waals surface area (Å²) < 4.78 is 70.5. The fraction of sp³-hybridized carbons (Fsp3) is 0.296. The molecular formula is C27H27F2N5O5S. The summed E-state index contributed by atoms with van der Waals surface area (Å²) >= 11 is 0. The molecule has 1 unspecified atom stereocenters. The fourth-order valence-electron chi connectivity index (χ4n) is 4.63. The van der Waals surface area contributed by atoms with Crippen molar-refractivity contribution >= 4 is 26.9 Å². The fourth-order valence-corrected chi connectivity index (χ4v) is 5.33. The van der Waals surface area contributed by atoms with E-state index in [1.807, 2.05) is 13.0 Å². The highest BCUT2D eigenvalue weighted by atomic mass is 32.2. The van der Waals surface area contributed by atoms with Gasteiger partial charge in [-0.2, -0.15) is 0 Å². The van der Waals surface area contributed by atoms with Crippen LogP contribution in [-0.2, 0) is 14.8 Å². The van der Waals surface area contributed by atoms with E-state index in [1.54, 1.807) is 19.2 Å². The lowest BCUT2D eigenvalue weighted by Crippen LogP contribution is -2.16. The Labute approximate surface area is 229 Å². The number of pyridine rings is 1. The first-order valence-electron chi connectivity index (χ1n) is 12.4. The van der Waals surface area contributed by atoms with Crippen LogP contribution in [0.2, 0.25) is 0 Å². The van der Waals surface area contributed by atoms with Crippen LogP contribution in [-0.4, -0.2) is 57.3 Å². The number of aromatic nitrogens is 3. The first-order valence-corrected chi connectivity index (χ1v) is 13.9. The standard InChI is InChI=1S/C27H27F2N5O5S/c1-14-19-8-16(10-22(24(19)34-27(31-2)33-14)39-13-15-6-7-38-12-15)17-9-20(26(37-3)32-11-17)18-4-5-21(28)25(23(18)29)40(30,35)36/h4-5,8-11,15H,6-7,12-13H2,1-3H3,(H2,30,35,36)(H,31,33,34). The third kappa shape index (κ3) is 5.27. The number of rotatable bonds is 8. The summed E-state index contributed by atoms with van der Waals surface area (Å²) in [5.74, 6) is -1.43. The van der Waals surface area contributed by atoms with E-state index in [-0.39, 0.29) is 22.9 Å². The monoisotopic (exact) mass is 571 g/mol. The van der Waals surface area contributed by atoms with E-state index < -0.39 is 26.6 Å². The highest BCUT2D eigenvalue weighted by molar-refractivity contribution is 7.89. The lowest BCUT2D eigenvalue weighted by atomic mass is 9.99. The third-order valence-corrected chi connectivity index (χ3v) is 7.62.